The molecule has 1 heterocycles. The summed E-state index contributed by atoms with van der Waals surface area (Å²) in [6.07, 6.45) is 2.52. The fourth-order valence-electron chi connectivity index (χ4n) is 1.80. The molecule has 0 unspecified atom stereocenters. The molecule has 98 valence electrons. The molecule has 1 aromatic carbocycles. The maximum Gasteiger partial charge on any atom is 0.251 e. The van der Waals surface area contributed by atoms with Crippen molar-refractivity contribution in [2.75, 3.05) is 0 Å². The highest BCUT2D eigenvalue weighted by molar-refractivity contribution is 9.10. The lowest BCUT2D eigenvalue weighted by atomic mass is 10.2. The van der Waals surface area contributed by atoms with E-state index >= 15 is 0 Å². The molecular formula is C14H13BrN2OS. The number of aromatic nitrogens is 1. The van der Waals surface area contributed by atoms with E-state index in [9.17, 15) is 4.79 Å². The molecule has 3 nitrogen and oxygen atoms in total. The van der Waals surface area contributed by atoms with Crippen LogP contribution in [-0.2, 0) is 6.54 Å². The number of carbonyl (C=O) groups excluding carboxylic acids is 1. The van der Waals surface area contributed by atoms with E-state index in [1.165, 1.54) is 17.8 Å². The van der Waals surface area contributed by atoms with E-state index in [2.05, 4.69) is 26.2 Å². The second-order valence-electron chi connectivity index (χ2n) is 4.64. The van der Waals surface area contributed by atoms with E-state index in [-0.39, 0.29) is 5.91 Å². The Labute approximate surface area is 124 Å². The van der Waals surface area contributed by atoms with Gasteiger partial charge in [-0.15, -0.1) is 11.3 Å². The van der Waals surface area contributed by atoms with E-state index < -0.39 is 0 Å². The van der Waals surface area contributed by atoms with Crippen LogP contribution < -0.4 is 5.32 Å². The lowest BCUT2D eigenvalue weighted by molar-refractivity contribution is 0.0950. The highest BCUT2D eigenvalue weighted by atomic mass is 79.9. The fraction of sp³-hybridized carbons (Fsp3) is 0.286. The third-order valence-electron chi connectivity index (χ3n) is 3.03. The van der Waals surface area contributed by atoms with Gasteiger partial charge in [0.2, 0.25) is 0 Å². The maximum absolute atomic E-state index is 11.9. The van der Waals surface area contributed by atoms with Crippen molar-refractivity contribution >= 4 is 33.2 Å². The standard InChI is InChI=1S/C14H13BrN2OS/c15-11-5-3-9(4-6-11)13(18)16-7-12-8-19-14(17-12)10-1-2-10/h3-6,8,10H,1-2,7H2,(H,16,18). The molecule has 1 saturated carbocycles. The Hall–Kier alpha value is -1.20. The van der Waals surface area contributed by atoms with Crippen LogP contribution in [0.25, 0.3) is 0 Å². The smallest absolute Gasteiger partial charge is 0.251 e. The second-order valence-corrected chi connectivity index (χ2v) is 6.45. The molecule has 0 spiro atoms. The van der Waals surface area contributed by atoms with Crippen LogP contribution in [0.4, 0.5) is 0 Å². The number of amides is 1. The van der Waals surface area contributed by atoms with Gasteiger partial charge >= 0.3 is 0 Å². The normalized spacial score (nSPS) is 14.4. The van der Waals surface area contributed by atoms with Crippen LogP contribution in [0.5, 0.6) is 0 Å². The molecule has 2 aromatic rings. The van der Waals surface area contributed by atoms with Crippen LogP contribution in [0.3, 0.4) is 0 Å². The molecule has 0 aliphatic heterocycles. The number of nitrogens with zero attached hydrogens (tertiary/aromatic N) is 1. The zero-order valence-corrected chi connectivity index (χ0v) is 12.6. The van der Waals surface area contributed by atoms with Gasteiger partial charge in [-0.1, -0.05) is 15.9 Å². The predicted molar refractivity (Wildman–Crippen MR) is 79.4 cm³/mol. The SMILES string of the molecule is O=C(NCc1csc(C2CC2)n1)c1ccc(Br)cc1. The van der Waals surface area contributed by atoms with Gasteiger partial charge in [-0.05, 0) is 37.1 Å². The zero-order valence-electron chi connectivity index (χ0n) is 10.2. The van der Waals surface area contributed by atoms with E-state index in [1.807, 2.05) is 17.5 Å². The number of hydrogen-bond acceptors (Lipinski definition) is 3. The zero-order chi connectivity index (χ0) is 13.2. The largest absolute Gasteiger partial charge is 0.346 e. The van der Waals surface area contributed by atoms with Gasteiger partial charge in [0.15, 0.2) is 0 Å². The van der Waals surface area contributed by atoms with E-state index in [0.717, 1.165) is 10.2 Å². The summed E-state index contributed by atoms with van der Waals surface area (Å²) in [5.74, 6) is 0.620. The number of nitrogens with one attached hydrogen (secondary N) is 1. The van der Waals surface area contributed by atoms with Crippen molar-refractivity contribution in [1.29, 1.82) is 0 Å². The highest BCUT2D eigenvalue weighted by Crippen LogP contribution is 2.41. The summed E-state index contributed by atoms with van der Waals surface area (Å²) in [5.41, 5.74) is 1.62. The minimum Gasteiger partial charge on any atom is -0.346 e. The quantitative estimate of drug-likeness (QED) is 0.924. The van der Waals surface area contributed by atoms with Crippen LogP contribution in [0.1, 0.15) is 39.8 Å². The van der Waals surface area contributed by atoms with Crippen molar-refractivity contribution in [3.63, 3.8) is 0 Å². The summed E-state index contributed by atoms with van der Waals surface area (Å²) >= 11 is 5.05. The molecule has 1 aromatic heterocycles. The summed E-state index contributed by atoms with van der Waals surface area (Å²) in [5, 5.41) is 6.15. The molecule has 5 heteroatoms. The second kappa shape index (κ2) is 5.43. The monoisotopic (exact) mass is 336 g/mol. The third kappa shape index (κ3) is 3.22. The molecule has 1 fully saturated rings. The topological polar surface area (TPSA) is 42.0 Å². The van der Waals surface area contributed by atoms with Gasteiger partial charge in [0.1, 0.15) is 0 Å². The molecule has 1 N–H and O–H groups in total. The number of benzene rings is 1. The number of thiazole rings is 1. The number of rotatable bonds is 4. The number of carbonyl (C=O) groups is 1. The highest BCUT2D eigenvalue weighted by Gasteiger charge is 2.26. The molecule has 0 radical (unpaired) electrons. The number of hydrogen-bond donors (Lipinski definition) is 1. The first kappa shape index (κ1) is 12.8. The Bertz CT molecular complexity index is 590. The summed E-state index contributed by atoms with van der Waals surface area (Å²) < 4.78 is 0.970. The predicted octanol–water partition coefficient (Wildman–Crippen LogP) is 3.71. The lowest BCUT2D eigenvalue weighted by Gasteiger charge is -2.03. The van der Waals surface area contributed by atoms with Gasteiger partial charge in [-0.2, -0.15) is 0 Å². The van der Waals surface area contributed by atoms with Gasteiger partial charge in [0.25, 0.3) is 5.91 Å². The van der Waals surface area contributed by atoms with Crippen LogP contribution in [0.15, 0.2) is 34.1 Å². The Morgan fingerprint density at radius 3 is 2.79 bits per heavy atom. The molecule has 0 bridgehead atoms. The van der Waals surface area contributed by atoms with Gasteiger partial charge < -0.3 is 5.32 Å². The first-order chi connectivity index (χ1) is 9.22. The van der Waals surface area contributed by atoms with Crippen molar-refractivity contribution in [3.05, 3.63) is 50.4 Å². The van der Waals surface area contributed by atoms with Gasteiger partial charge in [-0.3, -0.25) is 4.79 Å². The molecule has 1 amide bonds. The van der Waals surface area contributed by atoms with Crippen molar-refractivity contribution in [1.82, 2.24) is 10.3 Å². The molecule has 0 atom stereocenters. The molecule has 3 rings (SSSR count). The van der Waals surface area contributed by atoms with E-state index in [1.54, 1.807) is 23.5 Å². The lowest BCUT2D eigenvalue weighted by Crippen LogP contribution is -2.22. The minimum absolute atomic E-state index is 0.0616. The Morgan fingerprint density at radius 1 is 1.37 bits per heavy atom. The van der Waals surface area contributed by atoms with Gasteiger partial charge in [0, 0.05) is 21.3 Å². The van der Waals surface area contributed by atoms with Gasteiger partial charge in [0.05, 0.1) is 17.2 Å². The van der Waals surface area contributed by atoms with E-state index in [0.29, 0.717) is 18.0 Å². The Balaban J connectivity index is 1.58. The van der Waals surface area contributed by atoms with Crippen LogP contribution in [0.2, 0.25) is 0 Å². The van der Waals surface area contributed by atoms with Gasteiger partial charge in [-0.25, -0.2) is 4.98 Å². The van der Waals surface area contributed by atoms with Crippen molar-refractivity contribution in [2.45, 2.75) is 25.3 Å². The van der Waals surface area contributed by atoms with Crippen LogP contribution in [-0.4, -0.2) is 10.9 Å². The third-order valence-corrected chi connectivity index (χ3v) is 4.62. The Morgan fingerprint density at radius 2 is 2.11 bits per heavy atom. The summed E-state index contributed by atoms with van der Waals surface area (Å²) in [6, 6.07) is 7.33. The summed E-state index contributed by atoms with van der Waals surface area (Å²) in [6.45, 7) is 0.498. The van der Waals surface area contributed by atoms with E-state index in [4.69, 9.17) is 0 Å². The minimum atomic E-state index is -0.0616. The van der Waals surface area contributed by atoms with Crippen molar-refractivity contribution < 1.29 is 4.79 Å². The average Bonchev–Trinajstić information content (AvgIpc) is 3.16. The maximum atomic E-state index is 11.9. The Kier molecular flexibility index (Phi) is 3.66. The van der Waals surface area contributed by atoms with Crippen LogP contribution >= 0.6 is 27.3 Å². The number of halogens is 1. The summed E-state index contributed by atoms with van der Waals surface area (Å²) in [4.78, 5) is 16.5. The molecule has 19 heavy (non-hydrogen) atoms. The van der Waals surface area contributed by atoms with Crippen molar-refractivity contribution in [2.24, 2.45) is 0 Å². The van der Waals surface area contributed by atoms with Crippen LogP contribution in [0, 0.1) is 0 Å². The summed E-state index contributed by atoms with van der Waals surface area (Å²) in [7, 11) is 0. The molecular weight excluding hydrogens is 324 g/mol. The van der Waals surface area contributed by atoms with Crippen molar-refractivity contribution in [3.8, 4) is 0 Å². The average molecular weight is 337 g/mol. The first-order valence-corrected chi connectivity index (χ1v) is 7.88. The first-order valence-electron chi connectivity index (χ1n) is 6.20. The molecule has 0 saturated heterocycles. The molecule has 1 aliphatic rings. The fourth-order valence-corrected chi connectivity index (χ4v) is 3.05. The molecule has 1 aliphatic carbocycles.